The first-order valence-electron chi connectivity index (χ1n) is 9.03. The number of benzene rings is 2. The largest absolute Gasteiger partial charge is 0.363 e. The summed E-state index contributed by atoms with van der Waals surface area (Å²) in [5.41, 5.74) is 3.11. The summed E-state index contributed by atoms with van der Waals surface area (Å²) in [6.07, 6.45) is 1.79. The summed E-state index contributed by atoms with van der Waals surface area (Å²) in [4.78, 5) is 29.0. The van der Waals surface area contributed by atoms with E-state index in [1.54, 1.807) is 48.7 Å². The second kappa shape index (κ2) is 8.02. The molecule has 6 nitrogen and oxygen atoms in total. The highest BCUT2D eigenvalue weighted by Crippen LogP contribution is 2.28. The summed E-state index contributed by atoms with van der Waals surface area (Å²) >= 11 is 0. The smallest absolute Gasteiger partial charge is 0.258 e. The van der Waals surface area contributed by atoms with Crippen molar-refractivity contribution in [2.24, 2.45) is 0 Å². The Labute approximate surface area is 162 Å². The molecule has 140 valence electrons. The molecular formula is C22H19N3O3. The Balaban J connectivity index is 1.42. The van der Waals surface area contributed by atoms with Crippen molar-refractivity contribution in [2.45, 2.75) is 12.5 Å². The van der Waals surface area contributed by atoms with Gasteiger partial charge in [-0.15, -0.1) is 0 Å². The third-order valence-electron chi connectivity index (χ3n) is 4.55. The van der Waals surface area contributed by atoms with E-state index in [-0.39, 0.29) is 11.8 Å². The van der Waals surface area contributed by atoms with Gasteiger partial charge in [0.05, 0.1) is 6.61 Å². The van der Waals surface area contributed by atoms with Gasteiger partial charge in [-0.3, -0.25) is 9.59 Å². The first-order chi connectivity index (χ1) is 13.7. The minimum atomic E-state index is -0.628. The van der Waals surface area contributed by atoms with Crippen LogP contribution in [0.25, 0.3) is 0 Å². The minimum absolute atomic E-state index is 0.224. The quantitative estimate of drug-likeness (QED) is 0.732. The molecule has 1 aliphatic rings. The Morgan fingerprint density at radius 1 is 0.929 bits per heavy atom. The van der Waals surface area contributed by atoms with Crippen LogP contribution in [0.15, 0.2) is 72.9 Å². The van der Waals surface area contributed by atoms with E-state index in [0.29, 0.717) is 23.7 Å². The highest BCUT2D eigenvalue weighted by atomic mass is 16.5. The number of carbonyl (C=O) groups excluding carboxylic acids is 2. The third-order valence-corrected chi connectivity index (χ3v) is 4.55. The number of pyridine rings is 1. The van der Waals surface area contributed by atoms with Gasteiger partial charge < -0.3 is 15.4 Å². The first-order valence-corrected chi connectivity index (χ1v) is 9.03. The number of hydrogen-bond donors (Lipinski definition) is 2. The molecule has 1 atom stereocenters. The third kappa shape index (κ3) is 3.92. The zero-order valence-corrected chi connectivity index (χ0v) is 15.1. The number of hydrogen-bond acceptors (Lipinski definition) is 4. The van der Waals surface area contributed by atoms with E-state index in [2.05, 4.69) is 15.6 Å². The van der Waals surface area contributed by atoms with Crippen molar-refractivity contribution >= 4 is 23.3 Å². The summed E-state index contributed by atoms with van der Waals surface area (Å²) in [6.45, 7) is 0.516. The average molecular weight is 373 g/mol. The maximum Gasteiger partial charge on any atom is 0.258 e. The van der Waals surface area contributed by atoms with Crippen molar-refractivity contribution in [3.63, 3.8) is 0 Å². The standard InChI is InChI=1S/C22H19N3O3/c26-21(25-19-7-3-4-13-23-19)16-8-10-17(11-9-16)24-22(27)20-18-6-2-1-5-15(18)12-14-28-20/h1-11,13,20H,12,14H2,(H,24,27)(H,23,25,26)/t20-/m1/s1. The molecule has 2 amide bonds. The highest BCUT2D eigenvalue weighted by molar-refractivity contribution is 6.04. The van der Waals surface area contributed by atoms with Crippen LogP contribution in [0.3, 0.4) is 0 Å². The van der Waals surface area contributed by atoms with Crippen LogP contribution in [-0.4, -0.2) is 23.4 Å². The number of anilines is 2. The summed E-state index contributed by atoms with van der Waals surface area (Å²) in [6, 6.07) is 19.8. The van der Waals surface area contributed by atoms with Crippen LogP contribution in [0.2, 0.25) is 0 Å². The van der Waals surface area contributed by atoms with Gasteiger partial charge in [0.15, 0.2) is 6.10 Å². The van der Waals surface area contributed by atoms with Crippen molar-refractivity contribution in [2.75, 3.05) is 17.2 Å². The molecule has 0 unspecified atom stereocenters. The average Bonchev–Trinajstić information content (AvgIpc) is 2.74. The lowest BCUT2D eigenvalue weighted by molar-refractivity contribution is -0.128. The van der Waals surface area contributed by atoms with Gasteiger partial charge in [0, 0.05) is 17.4 Å². The Hall–Kier alpha value is -3.51. The number of nitrogens with zero attached hydrogens (tertiary/aromatic N) is 1. The van der Waals surface area contributed by atoms with Crippen molar-refractivity contribution in [3.05, 3.63) is 89.6 Å². The maximum atomic E-state index is 12.7. The van der Waals surface area contributed by atoms with E-state index in [1.807, 2.05) is 24.3 Å². The second-order valence-corrected chi connectivity index (χ2v) is 6.44. The lowest BCUT2D eigenvalue weighted by Crippen LogP contribution is -2.28. The summed E-state index contributed by atoms with van der Waals surface area (Å²) < 4.78 is 5.68. The molecule has 3 aromatic rings. The van der Waals surface area contributed by atoms with E-state index >= 15 is 0 Å². The lowest BCUT2D eigenvalue weighted by atomic mass is 9.97. The molecule has 4 rings (SSSR count). The fraction of sp³-hybridized carbons (Fsp3) is 0.136. The Morgan fingerprint density at radius 3 is 2.50 bits per heavy atom. The van der Waals surface area contributed by atoms with Crippen LogP contribution in [0, 0.1) is 0 Å². The lowest BCUT2D eigenvalue weighted by Gasteiger charge is -2.25. The fourth-order valence-corrected chi connectivity index (χ4v) is 3.15. The summed E-state index contributed by atoms with van der Waals surface area (Å²) in [5.74, 6) is -0.00283. The molecule has 28 heavy (non-hydrogen) atoms. The van der Waals surface area contributed by atoms with Gasteiger partial charge in [-0.05, 0) is 53.9 Å². The topological polar surface area (TPSA) is 80.3 Å². The monoisotopic (exact) mass is 373 g/mol. The van der Waals surface area contributed by atoms with E-state index in [4.69, 9.17) is 4.74 Å². The Bertz CT molecular complexity index is 987. The molecule has 2 N–H and O–H groups in total. The van der Waals surface area contributed by atoms with Crippen LogP contribution in [0.4, 0.5) is 11.5 Å². The van der Waals surface area contributed by atoms with Crippen molar-refractivity contribution in [1.82, 2.24) is 4.98 Å². The molecule has 0 fully saturated rings. The number of aromatic nitrogens is 1. The van der Waals surface area contributed by atoms with Gasteiger partial charge in [-0.2, -0.15) is 0 Å². The van der Waals surface area contributed by atoms with Gasteiger partial charge in [0.2, 0.25) is 0 Å². The SMILES string of the molecule is O=C(Nc1ccccn1)c1ccc(NC(=O)[C@@H]2OCCc3ccccc32)cc1. The van der Waals surface area contributed by atoms with E-state index in [9.17, 15) is 9.59 Å². The molecule has 0 aliphatic carbocycles. The molecule has 6 heteroatoms. The number of fused-ring (bicyclic) bond motifs is 1. The molecule has 2 aromatic carbocycles. The molecule has 0 bridgehead atoms. The first kappa shape index (κ1) is 17.9. The van der Waals surface area contributed by atoms with Crippen LogP contribution in [0.5, 0.6) is 0 Å². The molecule has 0 saturated heterocycles. The number of nitrogens with one attached hydrogen (secondary N) is 2. The highest BCUT2D eigenvalue weighted by Gasteiger charge is 2.27. The normalized spacial score (nSPS) is 15.4. The molecule has 0 saturated carbocycles. The van der Waals surface area contributed by atoms with E-state index in [0.717, 1.165) is 17.5 Å². The molecule has 1 aliphatic heterocycles. The van der Waals surface area contributed by atoms with Gasteiger partial charge in [0.25, 0.3) is 11.8 Å². The Morgan fingerprint density at radius 2 is 1.71 bits per heavy atom. The van der Waals surface area contributed by atoms with Crippen LogP contribution in [0.1, 0.15) is 27.6 Å². The minimum Gasteiger partial charge on any atom is -0.363 e. The van der Waals surface area contributed by atoms with Gasteiger partial charge in [0.1, 0.15) is 5.82 Å². The van der Waals surface area contributed by atoms with Gasteiger partial charge in [-0.25, -0.2) is 4.98 Å². The second-order valence-electron chi connectivity index (χ2n) is 6.44. The maximum absolute atomic E-state index is 12.7. The summed E-state index contributed by atoms with van der Waals surface area (Å²) in [7, 11) is 0. The zero-order chi connectivity index (χ0) is 19.3. The number of ether oxygens (including phenoxy) is 1. The van der Waals surface area contributed by atoms with Gasteiger partial charge in [-0.1, -0.05) is 30.3 Å². The molecule has 0 spiro atoms. The number of carbonyl (C=O) groups is 2. The predicted octanol–water partition coefficient (Wildman–Crippen LogP) is 3.59. The van der Waals surface area contributed by atoms with Crippen molar-refractivity contribution in [3.8, 4) is 0 Å². The van der Waals surface area contributed by atoms with E-state index < -0.39 is 6.10 Å². The fourth-order valence-electron chi connectivity index (χ4n) is 3.15. The predicted molar refractivity (Wildman–Crippen MR) is 106 cm³/mol. The number of rotatable bonds is 4. The molecular weight excluding hydrogens is 354 g/mol. The Kier molecular flexibility index (Phi) is 5.12. The van der Waals surface area contributed by atoms with E-state index in [1.165, 1.54) is 0 Å². The van der Waals surface area contributed by atoms with Gasteiger partial charge >= 0.3 is 0 Å². The molecule has 0 radical (unpaired) electrons. The zero-order valence-electron chi connectivity index (χ0n) is 15.1. The molecule has 1 aromatic heterocycles. The van der Waals surface area contributed by atoms with Crippen LogP contribution in [-0.2, 0) is 16.0 Å². The summed E-state index contributed by atoms with van der Waals surface area (Å²) in [5, 5.41) is 5.58. The van der Waals surface area contributed by atoms with Crippen molar-refractivity contribution in [1.29, 1.82) is 0 Å². The van der Waals surface area contributed by atoms with Crippen LogP contribution < -0.4 is 10.6 Å². The number of amides is 2. The molecule has 2 heterocycles. The van der Waals surface area contributed by atoms with Crippen molar-refractivity contribution < 1.29 is 14.3 Å². The van der Waals surface area contributed by atoms with Crippen LogP contribution >= 0.6 is 0 Å².